The number of hydrogen-bond acceptors (Lipinski definition) is 9. The van der Waals surface area contributed by atoms with Gasteiger partial charge < -0.3 is 38.5 Å². The Balaban J connectivity index is 1.89. The molecule has 0 saturated carbocycles. The second kappa shape index (κ2) is 12.9. The molecule has 1 fully saturated rings. The molecule has 1 aliphatic heterocycles. The SMILES string of the molecule is C=CCOc1c(NCC(=O)OCC)cc([C@H]2CC[C@H](c3cc(OC)c(OC)c(OC)c3)O2)cc1OC. The summed E-state index contributed by atoms with van der Waals surface area (Å²) in [6, 6.07) is 7.64. The van der Waals surface area contributed by atoms with Crippen molar-refractivity contribution in [2.24, 2.45) is 0 Å². The van der Waals surface area contributed by atoms with Gasteiger partial charge in [0.15, 0.2) is 23.0 Å². The minimum Gasteiger partial charge on any atom is -0.493 e. The first kappa shape index (κ1) is 27.0. The van der Waals surface area contributed by atoms with E-state index in [4.69, 9.17) is 33.2 Å². The third-order valence-electron chi connectivity index (χ3n) is 5.82. The zero-order valence-electron chi connectivity index (χ0n) is 21.6. The molecule has 0 aromatic heterocycles. The van der Waals surface area contributed by atoms with Gasteiger partial charge in [0.05, 0.1) is 52.9 Å². The van der Waals surface area contributed by atoms with Gasteiger partial charge in [-0.15, -0.1) is 0 Å². The molecule has 0 radical (unpaired) electrons. The van der Waals surface area contributed by atoms with Gasteiger partial charge in [0.2, 0.25) is 5.75 Å². The first-order valence-corrected chi connectivity index (χ1v) is 11.8. The van der Waals surface area contributed by atoms with Crippen LogP contribution in [0.3, 0.4) is 0 Å². The fraction of sp³-hybridized carbons (Fsp3) is 0.444. The lowest BCUT2D eigenvalue weighted by Crippen LogP contribution is -2.17. The third kappa shape index (κ3) is 6.15. The Morgan fingerprint density at radius 3 is 2.00 bits per heavy atom. The zero-order chi connectivity index (χ0) is 26.1. The molecule has 36 heavy (non-hydrogen) atoms. The Labute approximate surface area is 212 Å². The van der Waals surface area contributed by atoms with Gasteiger partial charge in [-0.05, 0) is 55.2 Å². The van der Waals surface area contributed by atoms with Gasteiger partial charge in [0.25, 0.3) is 0 Å². The quantitative estimate of drug-likeness (QED) is 0.305. The van der Waals surface area contributed by atoms with Gasteiger partial charge in [-0.25, -0.2) is 0 Å². The van der Waals surface area contributed by atoms with E-state index in [-0.39, 0.29) is 31.3 Å². The molecule has 2 atom stereocenters. The molecule has 3 rings (SSSR count). The summed E-state index contributed by atoms with van der Waals surface area (Å²) in [5.74, 6) is 2.35. The summed E-state index contributed by atoms with van der Waals surface area (Å²) in [7, 11) is 6.33. The van der Waals surface area contributed by atoms with E-state index in [1.165, 1.54) is 0 Å². The van der Waals surface area contributed by atoms with Crippen molar-refractivity contribution in [3.63, 3.8) is 0 Å². The largest absolute Gasteiger partial charge is 0.493 e. The summed E-state index contributed by atoms with van der Waals surface area (Å²) < 4.78 is 39.4. The summed E-state index contributed by atoms with van der Waals surface area (Å²) in [6.07, 6.45) is 2.87. The lowest BCUT2D eigenvalue weighted by molar-refractivity contribution is -0.140. The van der Waals surface area contributed by atoms with Crippen LogP contribution in [0.15, 0.2) is 36.9 Å². The minimum atomic E-state index is -0.365. The van der Waals surface area contributed by atoms with Gasteiger partial charge in [-0.1, -0.05) is 12.7 Å². The van der Waals surface area contributed by atoms with E-state index in [9.17, 15) is 4.79 Å². The van der Waals surface area contributed by atoms with E-state index in [0.717, 1.165) is 24.0 Å². The summed E-state index contributed by atoms with van der Waals surface area (Å²) in [4.78, 5) is 12.0. The summed E-state index contributed by atoms with van der Waals surface area (Å²) in [5.41, 5.74) is 2.45. The van der Waals surface area contributed by atoms with Crippen LogP contribution in [0.4, 0.5) is 5.69 Å². The van der Waals surface area contributed by atoms with Crippen molar-refractivity contribution in [1.29, 1.82) is 0 Å². The van der Waals surface area contributed by atoms with Crippen molar-refractivity contribution in [3.8, 4) is 28.7 Å². The van der Waals surface area contributed by atoms with Crippen LogP contribution in [0.1, 0.15) is 43.1 Å². The molecule has 0 aliphatic carbocycles. The number of esters is 1. The van der Waals surface area contributed by atoms with Crippen LogP contribution in [0, 0.1) is 0 Å². The highest BCUT2D eigenvalue weighted by Gasteiger charge is 2.31. The van der Waals surface area contributed by atoms with Gasteiger partial charge in [-0.2, -0.15) is 0 Å². The van der Waals surface area contributed by atoms with Crippen LogP contribution < -0.4 is 29.0 Å². The maximum atomic E-state index is 12.0. The molecule has 0 unspecified atom stereocenters. The highest BCUT2D eigenvalue weighted by Crippen LogP contribution is 2.48. The second-order valence-corrected chi connectivity index (χ2v) is 8.01. The number of carbonyl (C=O) groups is 1. The maximum Gasteiger partial charge on any atom is 0.325 e. The van der Waals surface area contributed by atoms with Gasteiger partial charge >= 0.3 is 5.97 Å². The first-order valence-electron chi connectivity index (χ1n) is 11.8. The van der Waals surface area contributed by atoms with Crippen molar-refractivity contribution in [3.05, 3.63) is 48.0 Å². The molecule has 9 heteroatoms. The molecule has 1 saturated heterocycles. The maximum absolute atomic E-state index is 12.0. The number of carbonyl (C=O) groups excluding carboxylic acids is 1. The van der Waals surface area contributed by atoms with E-state index in [1.54, 1.807) is 41.4 Å². The molecule has 0 spiro atoms. The summed E-state index contributed by atoms with van der Waals surface area (Å²) in [5, 5.41) is 3.11. The summed E-state index contributed by atoms with van der Waals surface area (Å²) in [6.45, 7) is 6.06. The van der Waals surface area contributed by atoms with Crippen LogP contribution in [0.25, 0.3) is 0 Å². The number of hydrogen-bond donors (Lipinski definition) is 1. The molecule has 1 aliphatic rings. The zero-order valence-corrected chi connectivity index (χ0v) is 21.6. The van der Waals surface area contributed by atoms with Crippen molar-refractivity contribution in [1.82, 2.24) is 0 Å². The molecule has 0 bridgehead atoms. The van der Waals surface area contributed by atoms with E-state index < -0.39 is 0 Å². The predicted octanol–water partition coefficient (Wildman–Crippen LogP) is 4.85. The van der Waals surface area contributed by atoms with E-state index in [1.807, 2.05) is 24.3 Å². The molecule has 9 nitrogen and oxygen atoms in total. The number of benzene rings is 2. The third-order valence-corrected chi connectivity index (χ3v) is 5.82. The van der Waals surface area contributed by atoms with E-state index in [0.29, 0.717) is 41.0 Å². The van der Waals surface area contributed by atoms with Crippen LogP contribution in [-0.2, 0) is 14.3 Å². The number of anilines is 1. The second-order valence-electron chi connectivity index (χ2n) is 8.01. The Bertz CT molecular complexity index is 1030. The van der Waals surface area contributed by atoms with Crippen LogP contribution in [-0.4, -0.2) is 54.2 Å². The number of rotatable bonds is 13. The monoisotopic (exact) mass is 501 g/mol. The molecular weight excluding hydrogens is 466 g/mol. The highest BCUT2D eigenvalue weighted by atomic mass is 16.5. The average Bonchev–Trinajstić information content (AvgIpc) is 3.40. The minimum absolute atomic E-state index is 0.00944. The summed E-state index contributed by atoms with van der Waals surface area (Å²) >= 11 is 0. The molecule has 196 valence electrons. The number of methoxy groups -OCH3 is 4. The fourth-order valence-corrected chi connectivity index (χ4v) is 4.18. The fourth-order valence-electron chi connectivity index (χ4n) is 4.18. The average molecular weight is 502 g/mol. The lowest BCUT2D eigenvalue weighted by Gasteiger charge is -2.21. The van der Waals surface area contributed by atoms with Crippen molar-refractivity contribution in [2.45, 2.75) is 32.0 Å². The Hall–Kier alpha value is -3.59. The van der Waals surface area contributed by atoms with E-state index in [2.05, 4.69) is 11.9 Å². The van der Waals surface area contributed by atoms with Gasteiger partial charge in [0, 0.05) is 0 Å². The molecule has 1 heterocycles. The first-order chi connectivity index (χ1) is 17.5. The van der Waals surface area contributed by atoms with E-state index >= 15 is 0 Å². The molecular formula is C27H35NO8. The van der Waals surface area contributed by atoms with Gasteiger partial charge in [-0.3, -0.25) is 4.79 Å². The van der Waals surface area contributed by atoms with Crippen molar-refractivity contribution >= 4 is 11.7 Å². The topological polar surface area (TPSA) is 93.7 Å². The Morgan fingerprint density at radius 2 is 1.50 bits per heavy atom. The van der Waals surface area contributed by atoms with Gasteiger partial charge in [0.1, 0.15) is 13.2 Å². The Morgan fingerprint density at radius 1 is 0.944 bits per heavy atom. The van der Waals surface area contributed by atoms with Crippen molar-refractivity contribution in [2.75, 3.05) is 53.5 Å². The standard InChI is InChI=1S/C27H35NO8/c1-7-11-35-26-19(28-16-25(29)34-8-2)12-17(13-22(26)30-3)20-9-10-21(36-20)18-14-23(31-4)27(33-6)24(15-18)32-5/h7,12-15,20-21,28H,1,8-11,16H2,2-6H3/t20-,21-/m1/s1. The number of ether oxygens (including phenoxy) is 7. The van der Waals surface area contributed by atoms with Crippen LogP contribution >= 0.6 is 0 Å². The smallest absolute Gasteiger partial charge is 0.325 e. The molecule has 2 aromatic rings. The normalized spacial score (nSPS) is 16.7. The predicted molar refractivity (Wildman–Crippen MR) is 136 cm³/mol. The highest BCUT2D eigenvalue weighted by molar-refractivity contribution is 5.77. The molecule has 2 aromatic carbocycles. The van der Waals surface area contributed by atoms with Crippen molar-refractivity contribution < 1.29 is 38.0 Å². The number of nitrogens with one attached hydrogen (secondary N) is 1. The lowest BCUT2D eigenvalue weighted by atomic mass is 10.0. The Kier molecular flexibility index (Phi) is 9.69. The van der Waals surface area contributed by atoms with Crippen LogP contribution in [0.2, 0.25) is 0 Å². The van der Waals surface area contributed by atoms with Crippen LogP contribution in [0.5, 0.6) is 28.7 Å². The molecule has 1 N–H and O–H groups in total. The molecule has 0 amide bonds.